The zero-order valence-corrected chi connectivity index (χ0v) is 8.86. The van der Waals surface area contributed by atoms with Gasteiger partial charge in [0.15, 0.2) is 6.04 Å². The SMILES string of the molecule is NC1C(=O)N=C(c2ccc(Cl)cc2)NC1=O. The van der Waals surface area contributed by atoms with Gasteiger partial charge in [-0.1, -0.05) is 11.6 Å². The molecule has 0 radical (unpaired) electrons. The lowest BCUT2D eigenvalue weighted by atomic mass is 10.1. The molecule has 1 aromatic rings. The minimum atomic E-state index is -1.21. The van der Waals surface area contributed by atoms with E-state index in [0.717, 1.165) is 0 Å². The molecular weight excluding hydrogens is 230 g/mol. The summed E-state index contributed by atoms with van der Waals surface area (Å²) < 4.78 is 0. The highest BCUT2D eigenvalue weighted by Crippen LogP contribution is 2.11. The second kappa shape index (κ2) is 4.03. The summed E-state index contributed by atoms with van der Waals surface area (Å²) in [5, 5.41) is 3.02. The zero-order valence-electron chi connectivity index (χ0n) is 8.11. The largest absolute Gasteiger partial charge is 0.312 e. The summed E-state index contributed by atoms with van der Waals surface area (Å²) in [6, 6.07) is 5.39. The molecule has 1 heterocycles. The number of nitrogens with zero attached hydrogens (tertiary/aromatic N) is 1. The Labute approximate surface area is 96.3 Å². The van der Waals surface area contributed by atoms with Gasteiger partial charge in [-0.2, -0.15) is 4.99 Å². The summed E-state index contributed by atoms with van der Waals surface area (Å²) >= 11 is 5.72. The quantitative estimate of drug-likeness (QED) is 0.678. The van der Waals surface area contributed by atoms with Crippen LogP contribution in [0.2, 0.25) is 5.02 Å². The van der Waals surface area contributed by atoms with Gasteiger partial charge in [-0.05, 0) is 24.3 Å². The molecule has 3 N–H and O–H groups in total. The highest BCUT2D eigenvalue weighted by atomic mass is 35.5. The number of rotatable bonds is 1. The number of nitrogens with two attached hydrogens (primary N) is 1. The van der Waals surface area contributed by atoms with E-state index in [1.807, 2.05) is 0 Å². The van der Waals surface area contributed by atoms with Crippen molar-refractivity contribution in [1.82, 2.24) is 5.32 Å². The zero-order chi connectivity index (χ0) is 11.7. The average molecular weight is 238 g/mol. The van der Waals surface area contributed by atoms with Crippen molar-refractivity contribution in [3.05, 3.63) is 34.9 Å². The van der Waals surface area contributed by atoms with Crippen molar-refractivity contribution in [2.45, 2.75) is 6.04 Å². The average Bonchev–Trinajstić information content (AvgIpc) is 2.26. The number of hydrogen-bond donors (Lipinski definition) is 2. The molecule has 0 saturated carbocycles. The molecule has 2 rings (SSSR count). The fourth-order valence-corrected chi connectivity index (χ4v) is 1.38. The van der Waals surface area contributed by atoms with E-state index in [-0.39, 0.29) is 5.84 Å². The molecule has 1 atom stereocenters. The van der Waals surface area contributed by atoms with E-state index < -0.39 is 17.9 Å². The van der Waals surface area contributed by atoms with E-state index >= 15 is 0 Å². The minimum Gasteiger partial charge on any atom is -0.312 e. The lowest BCUT2D eigenvalue weighted by Crippen LogP contribution is -2.52. The van der Waals surface area contributed by atoms with Gasteiger partial charge in [0.25, 0.3) is 11.8 Å². The van der Waals surface area contributed by atoms with Crippen LogP contribution in [0.25, 0.3) is 0 Å². The van der Waals surface area contributed by atoms with E-state index in [2.05, 4.69) is 10.3 Å². The summed E-state index contributed by atoms with van der Waals surface area (Å²) in [4.78, 5) is 26.2. The Morgan fingerprint density at radius 3 is 2.44 bits per heavy atom. The van der Waals surface area contributed by atoms with Gasteiger partial charge in [0.05, 0.1) is 0 Å². The molecule has 5 nitrogen and oxygen atoms in total. The summed E-state index contributed by atoms with van der Waals surface area (Å²) in [5.41, 5.74) is 5.91. The minimum absolute atomic E-state index is 0.202. The summed E-state index contributed by atoms with van der Waals surface area (Å²) in [5.74, 6) is -0.994. The Bertz CT molecular complexity index is 481. The molecule has 1 aromatic carbocycles. The van der Waals surface area contributed by atoms with Crippen molar-refractivity contribution >= 4 is 29.3 Å². The van der Waals surface area contributed by atoms with Crippen molar-refractivity contribution in [3.8, 4) is 0 Å². The van der Waals surface area contributed by atoms with Crippen LogP contribution in [0.3, 0.4) is 0 Å². The third kappa shape index (κ3) is 1.95. The number of carbonyl (C=O) groups is 2. The van der Waals surface area contributed by atoms with E-state index in [1.165, 1.54) is 0 Å². The van der Waals surface area contributed by atoms with Gasteiger partial charge in [0.2, 0.25) is 0 Å². The summed E-state index contributed by atoms with van der Waals surface area (Å²) in [6.07, 6.45) is 0. The maximum absolute atomic E-state index is 11.3. The number of aliphatic imine (C=N–C) groups is 1. The number of carbonyl (C=O) groups excluding carboxylic acids is 2. The standard InChI is InChI=1S/C10H8ClN3O2/c11-6-3-1-5(2-4-6)8-13-9(15)7(12)10(16)14-8/h1-4,7H,12H2,(H,13,14,15,16). The molecule has 16 heavy (non-hydrogen) atoms. The Balaban J connectivity index is 2.35. The molecule has 6 heteroatoms. The van der Waals surface area contributed by atoms with Gasteiger partial charge < -0.3 is 11.1 Å². The first kappa shape index (κ1) is 10.8. The highest BCUT2D eigenvalue weighted by Gasteiger charge is 2.28. The topological polar surface area (TPSA) is 84.6 Å². The van der Waals surface area contributed by atoms with E-state index in [0.29, 0.717) is 10.6 Å². The van der Waals surface area contributed by atoms with Gasteiger partial charge in [0, 0.05) is 10.6 Å². The van der Waals surface area contributed by atoms with Crippen LogP contribution in [0.15, 0.2) is 29.3 Å². The van der Waals surface area contributed by atoms with E-state index in [4.69, 9.17) is 17.3 Å². The Hall–Kier alpha value is -1.72. The van der Waals surface area contributed by atoms with Crippen LogP contribution in [0.1, 0.15) is 5.56 Å². The molecule has 1 aliphatic rings. The van der Waals surface area contributed by atoms with Crippen LogP contribution in [0.4, 0.5) is 0 Å². The van der Waals surface area contributed by atoms with E-state index in [9.17, 15) is 9.59 Å². The number of halogens is 1. The maximum atomic E-state index is 11.3. The van der Waals surface area contributed by atoms with Gasteiger partial charge >= 0.3 is 0 Å². The second-order valence-electron chi connectivity index (χ2n) is 3.27. The fourth-order valence-electron chi connectivity index (χ4n) is 1.26. The molecular formula is C10H8ClN3O2. The van der Waals surface area contributed by atoms with Gasteiger partial charge in [-0.15, -0.1) is 0 Å². The lowest BCUT2D eigenvalue weighted by Gasteiger charge is -2.16. The molecule has 0 saturated heterocycles. The summed E-state index contributed by atoms with van der Waals surface area (Å²) in [6.45, 7) is 0. The third-order valence-electron chi connectivity index (χ3n) is 2.13. The number of benzene rings is 1. The van der Waals surface area contributed by atoms with Crippen LogP contribution < -0.4 is 11.1 Å². The molecule has 0 fully saturated rings. The maximum Gasteiger partial charge on any atom is 0.274 e. The predicted molar refractivity (Wildman–Crippen MR) is 59.1 cm³/mol. The smallest absolute Gasteiger partial charge is 0.274 e. The molecule has 1 unspecified atom stereocenters. The molecule has 2 amide bonds. The number of amidine groups is 1. The normalized spacial score (nSPS) is 20.4. The Morgan fingerprint density at radius 1 is 1.25 bits per heavy atom. The van der Waals surface area contributed by atoms with Crippen LogP contribution in [-0.4, -0.2) is 23.7 Å². The number of nitrogens with one attached hydrogen (secondary N) is 1. The van der Waals surface area contributed by atoms with E-state index in [1.54, 1.807) is 24.3 Å². The molecule has 0 aromatic heterocycles. The van der Waals surface area contributed by atoms with Crippen molar-refractivity contribution < 1.29 is 9.59 Å². The van der Waals surface area contributed by atoms with Crippen LogP contribution in [0, 0.1) is 0 Å². The van der Waals surface area contributed by atoms with Crippen molar-refractivity contribution in [2.24, 2.45) is 10.7 Å². The van der Waals surface area contributed by atoms with Gasteiger partial charge in [-0.25, -0.2) is 0 Å². The van der Waals surface area contributed by atoms with Crippen molar-refractivity contribution in [2.75, 3.05) is 0 Å². The van der Waals surface area contributed by atoms with Gasteiger partial charge in [-0.3, -0.25) is 9.59 Å². The third-order valence-corrected chi connectivity index (χ3v) is 2.38. The first-order valence-corrected chi connectivity index (χ1v) is 4.90. The molecule has 0 spiro atoms. The van der Waals surface area contributed by atoms with Crippen LogP contribution in [0.5, 0.6) is 0 Å². The highest BCUT2D eigenvalue weighted by molar-refractivity contribution is 6.30. The van der Waals surface area contributed by atoms with Crippen LogP contribution in [-0.2, 0) is 9.59 Å². The number of amides is 2. The van der Waals surface area contributed by atoms with Gasteiger partial charge in [0.1, 0.15) is 5.84 Å². The first-order chi connectivity index (χ1) is 7.58. The van der Waals surface area contributed by atoms with Crippen molar-refractivity contribution in [3.63, 3.8) is 0 Å². The number of hydrogen-bond acceptors (Lipinski definition) is 3. The summed E-state index contributed by atoms with van der Waals surface area (Å²) in [7, 11) is 0. The Kier molecular flexibility index (Phi) is 2.72. The lowest BCUT2D eigenvalue weighted by molar-refractivity contribution is -0.129. The molecule has 82 valence electrons. The van der Waals surface area contributed by atoms with Crippen molar-refractivity contribution in [1.29, 1.82) is 0 Å². The monoisotopic (exact) mass is 237 g/mol. The second-order valence-corrected chi connectivity index (χ2v) is 3.71. The van der Waals surface area contributed by atoms with Crippen LogP contribution >= 0.6 is 11.6 Å². The molecule has 0 bridgehead atoms. The Morgan fingerprint density at radius 2 is 1.88 bits per heavy atom. The first-order valence-electron chi connectivity index (χ1n) is 4.53. The fraction of sp³-hybridized carbons (Fsp3) is 0.100. The predicted octanol–water partition coefficient (Wildman–Crippen LogP) is 0.0703. The molecule has 1 aliphatic heterocycles. The molecule has 0 aliphatic carbocycles.